The number of aromatic amines is 1. The van der Waals surface area contributed by atoms with E-state index < -0.39 is 5.97 Å². The number of rotatable bonds is 3. The van der Waals surface area contributed by atoms with Crippen molar-refractivity contribution >= 4 is 40.2 Å². The molecule has 0 aliphatic carbocycles. The van der Waals surface area contributed by atoms with Crippen LogP contribution in [0.25, 0.3) is 11.0 Å². The number of hydrogen-bond acceptors (Lipinski definition) is 3. The minimum Gasteiger partial charge on any atom is -0.457 e. The standard InChI is InChI=1S/C15H10Cl2N2O2/c16-12-2-1-9(7-13(12)17)8-21-15(20)11-4-6-19-14-10(11)3-5-18-14/h1-7H,8H2,(H,18,19). The Bertz CT molecular complexity index is 814. The molecule has 3 rings (SSSR count). The van der Waals surface area contributed by atoms with E-state index in [-0.39, 0.29) is 6.61 Å². The van der Waals surface area contributed by atoms with Crippen molar-refractivity contribution in [3.8, 4) is 0 Å². The molecule has 0 saturated heterocycles. The Balaban J connectivity index is 1.77. The number of nitrogens with one attached hydrogen (secondary N) is 1. The third-order valence-electron chi connectivity index (χ3n) is 3.03. The molecule has 0 unspecified atom stereocenters. The number of carbonyl (C=O) groups is 1. The molecule has 0 saturated carbocycles. The van der Waals surface area contributed by atoms with Crippen LogP contribution in [0.1, 0.15) is 15.9 Å². The van der Waals surface area contributed by atoms with Crippen LogP contribution in [0.2, 0.25) is 10.0 Å². The molecule has 0 atom stereocenters. The van der Waals surface area contributed by atoms with Gasteiger partial charge in [0, 0.05) is 17.8 Å². The Labute approximate surface area is 130 Å². The number of halogens is 2. The van der Waals surface area contributed by atoms with Crippen LogP contribution >= 0.6 is 23.2 Å². The Morgan fingerprint density at radius 3 is 2.86 bits per heavy atom. The van der Waals surface area contributed by atoms with Crippen LogP contribution in [0, 0.1) is 0 Å². The maximum atomic E-state index is 12.2. The second kappa shape index (κ2) is 5.76. The molecule has 0 radical (unpaired) electrons. The molecule has 6 heteroatoms. The van der Waals surface area contributed by atoms with E-state index in [1.807, 2.05) is 0 Å². The Kier molecular flexibility index (Phi) is 3.82. The van der Waals surface area contributed by atoms with Crippen LogP contribution in [0.15, 0.2) is 42.7 Å². The van der Waals surface area contributed by atoms with E-state index in [0.717, 1.165) is 10.9 Å². The van der Waals surface area contributed by atoms with Gasteiger partial charge in [0.2, 0.25) is 0 Å². The first-order valence-electron chi connectivity index (χ1n) is 6.18. The Hall–Kier alpha value is -2.04. The fraction of sp³-hybridized carbons (Fsp3) is 0.0667. The summed E-state index contributed by atoms with van der Waals surface area (Å²) >= 11 is 11.8. The van der Waals surface area contributed by atoms with Crippen LogP contribution < -0.4 is 0 Å². The van der Waals surface area contributed by atoms with Gasteiger partial charge in [0.15, 0.2) is 0 Å². The van der Waals surface area contributed by atoms with Gasteiger partial charge in [-0.05, 0) is 29.8 Å². The van der Waals surface area contributed by atoms with Crippen molar-refractivity contribution in [2.24, 2.45) is 0 Å². The van der Waals surface area contributed by atoms with Gasteiger partial charge in [-0.2, -0.15) is 0 Å². The predicted molar refractivity (Wildman–Crippen MR) is 81.7 cm³/mol. The molecular formula is C15H10Cl2N2O2. The van der Waals surface area contributed by atoms with Gasteiger partial charge in [0.25, 0.3) is 0 Å². The zero-order chi connectivity index (χ0) is 14.8. The highest BCUT2D eigenvalue weighted by Gasteiger charge is 2.13. The summed E-state index contributed by atoms with van der Waals surface area (Å²) in [5.41, 5.74) is 1.90. The summed E-state index contributed by atoms with van der Waals surface area (Å²) in [6, 6.07) is 8.53. The van der Waals surface area contributed by atoms with Crippen molar-refractivity contribution in [2.75, 3.05) is 0 Å². The molecule has 1 aromatic carbocycles. The summed E-state index contributed by atoms with van der Waals surface area (Å²) < 4.78 is 5.30. The molecule has 0 aliphatic rings. The highest BCUT2D eigenvalue weighted by Crippen LogP contribution is 2.23. The molecular weight excluding hydrogens is 311 g/mol. The van der Waals surface area contributed by atoms with Crippen molar-refractivity contribution in [2.45, 2.75) is 6.61 Å². The van der Waals surface area contributed by atoms with Crippen LogP contribution in [-0.4, -0.2) is 15.9 Å². The molecule has 2 heterocycles. The van der Waals surface area contributed by atoms with Gasteiger partial charge in [-0.1, -0.05) is 29.3 Å². The lowest BCUT2D eigenvalue weighted by molar-refractivity contribution is 0.0475. The zero-order valence-electron chi connectivity index (χ0n) is 10.8. The van der Waals surface area contributed by atoms with Gasteiger partial charge in [-0.15, -0.1) is 0 Å². The first-order chi connectivity index (χ1) is 10.1. The van der Waals surface area contributed by atoms with Gasteiger partial charge < -0.3 is 9.72 Å². The molecule has 4 nitrogen and oxygen atoms in total. The fourth-order valence-corrected chi connectivity index (χ4v) is 2.32. The van der Waals surface area contributed by atoms with Crippen LogP contribution in [0.4, 0.5) is 0 Å². The van der Waals surface area contributed by atoms with Crippen molar-refractivity contribution in [3.05, 3.63) is 63.9 Å². The molecule has 0 aliphatic heterocycles. The number of H-pyrrole nitrogens is 1. The van der Waals surface area contributed by atoms with Crippen molar-refractivity contribution < 1.29 is 9.53 Å². The van der Waals surface area contributed by atoms with E-state index in [0.29, 0.717) is 21.3 Å². The molecule has 1 N–H and O–H groups in total. The van der Waals surface area contributed by atoms with Gasteiger partial charge in [0.1, 0.15) is 12.3 Å². The highest BCUT2D eigenvalue weighted by atomic mass is 35.5. The maximum Gasteiger partial charge on any atom is 0.339 e. The lowest BCUT2D eigenvalue weighted by Gasteiger charge is -2.06. The number of pyridine rings is 1. The fourth-order valence-electron chi connectivity index (χ4n) is 1.99. The second-order valence-corrected chi connectivity index (χ2v) is 5.24. The summed E-state index contributed by atoms with van der Waals surface area (Å²) in [4.78, 5) is 19.2. The zero-order valence-corrected chi connectivity index (χ0v) is 12.3. The molecule has 0 spiro atoms. The number of fused-ring (bicyclic) bond motifs is 1. The van der Waals surface area contributed by atoms with E-state index in [1.165, 1.54) is 0 Å². The number of ether oxygens (including phenoxy) is 1. The molecule has 106 valence electrons. The van der Waals surface area contributed by atoms with Crippen molar-refractivity contribution in [1.29, 1.82) is 0 Å². The second-order valence-electron chi connectivity index (χ2n) is 4.42. The minimum absolute atomic E-state index is 0.129. The lowest BCUT2D eigenvalue weighted by Crippen LogP contribution is -2.06. The molecule has 0 fully saturated rings. The van der Waals surface area contributed by atoms with E-state index in [1.54, 1.807) is 42.7 Å². The number of carbonyl (C=O) groups excluding carboxylic acids is 1. The van der Waals surface area contributed by atoms with E-state index >= 15 is 0 Å². The largest absolute Gasteiger partial charge is 0.457 e. The number of hydrogen-bond donors (Lipinski definition) is 1. The average molecular weight is 321 g/mol. The average Bonchev–Trinajstić information content (AvgIpc) is 2.96. The monoisotopic (exact) mass is 320 g/mol. The third-order valence-corrected chi connectivity index (χ3v) is 3.77. The first kappa shape index (κ1) is 13.9. The van der Waals surface area contributed by atoms with Crippen LogP contribution in [0.5, 0.6) is 0 Å². The van der Waals surface area contributed by atoms with E-state index in [4.69, 9.17) is 27.9 Å². The summed E-state index contributed by atoms with van der Waals surface area (Å²) in [6.07, 6.45) is 3.29. The predicted octanol–water partition coefficient (Wildman–Crippen LogP) is 4.23. The molecule has 21 heavy (non-hydrogen) atoms. The summed E-state index contributed by atoms with van der Waals surface area (Å²) in [6.45, 7) is 0.129. The highest BCUT2D eigenvalue weighted by molar-refractivity contribution is 6.42. The number of esters is 1. The van der Waals surface area contributed by atoms with Gasteiger partial charge >= 0.3 is 5.97 Å². The van der Waals surface area contributed by atoms with Crippen LogP contribution in [0.3, 0.4) is 0 Å². The molecule has 2 aromatic heterocycles. The third kappa shape index (κ3) is 2.86. The lowest BCUT2D eigenvalue weighted by atomic mass is 10.2. The van der Waals surface area contributed by atoms with E-state index in [9.17, 15) is 4.79 Å². The number of benzene rings is 1. The number of aromatic nitrogens is 2. The quantitative estimate of drug-likeness (QED) is 0.735. The van der Waals surface area contributed by atoms with Crippen molar-refractivity contribution in [1.82, 2.24) is 9.97 Å². The van der Waals surface area contributed by atoms with Gasteiger partial charge in [-0.3, -0.25) is 0 Å². The minimum atomic E-state index is -0.409. The maximum absolute atomic E-state index is 12.2. The first-order valence-corrected chi connectivity index (χ1v) is 6.94. The van der Waals surface area contributed by atoms with Crippen molar-refractivity contribution in [3.63, 3.8) is 0 Å². The van der Waals surface area contributed by atoms with Gasteiger partial charge in [0.05, 0.1) is 15.6 Å². The van der Waals surface area contributed by atoms with Crippen LogP contribution in [-0.2, 0) is 11.3 Å². The summed E-state index contributed by atoms with van der Waals surface area (Å²) in [5, 5.41) is 1.63. The van der Waals surface area contributed by atoms with E-state index in [2.05, 4.69) is 9.97 Å². The summed E-state index contributed by atoms with van der Waals surface area (Å²) in [7, 11) is 0. The van der Waals surface area contributed by atoms with Gasteiger partial charge in [-0.25, -0.2) is 9.78 Å². The topological polar surface area (TPSA) is 55.0 Å². The summed E-state index contributed by atoms with van der Waals surface area (Å²) in [5.74, 6) is -0.409. The number of nitrogens with zero attached hydrogens (tertiary/aromatic N) is 1. The molecule has 0 bridgehead atoms. The normalized spacial score (nSPS) is 10.8. The smallest absolute Gasteiger partial charge is 0.339 e. The Morgan fingerprint density at radius 2 is 2.05 bits per heavy atom. The molecule has 3 aromatic rings. The SMILES string of the molecule is O=C(OCc1ccc(Cl)c(Cl)c1)c1ccnc2[nH]ccc12. The molecule has 0 amide bonds. The Morgan fingerprint density at radius 1 is 1.19 bits per heavy atom.